The number of rotatable bonds is 6. The number of carbonyl (C=O) groups excluding carboxylic acids is 4. The van der Waals surface area contributed by atoms with Gasteiger partial charge >= 0.3 is 12.1 Å². The van der Waals surface area contributed by atoms with E-state index in [-0.39, 0.29) is 23.6 Å². The lowest BCUT2D eigenvalue weighted by atomic mass is 10.1. The Balaban J connectivity index is 2.02. The van der Waals surface area contributed by atoms with Gasteiger partial charge < -0.3 is 10.1 Å². The predicted octanol–water partition coefficient (Wildman–Crippen LogP) is 2.83. The molecule has 0 bridgehead atoms. The summed E-state index contributed by atoms with van der Waals surface area (Å²) < 4.78 is 4.77. The second kappa shape index (κ2) is 10.2. The Morgan fingerprint density at radius 2 is 1.75 bits per heavy atom. The second-order valence-electron chi connectivity index (χ2n) is 5.69. The van der Waals surface area contributed by atoms with Gasteiger partial charge in [0.25, 0.3) is 11.8 Å². The molecule has 1 aromatic heterocycles. The number of nitrogens with zero attached hydrogens (tertiary/aromatic N) is 1. The fourth-order valence-corrected chi connectivity index (χ4v) is 2.78. The molecule has 0 fully saturated rings. The number of amides is 3. The van der Waals surface area contributed by atoms with Crippen molar-refractivity contribution >= 4 is 35.2 Å². The number of benzene rings is 1. The lowest BCUT2D eigenvalue weighted by Gasteiger charge is -2.20. The van der Waals surface area contributed by atoms with Gasteiger partial charge in [-0.3, -0.25) is 15.0 Å². The minimum atomic E-state index is -0.996. The normalized spacial score (nSPS) is 10.1. The first kappa shape index (κ1) is 21.1. The molecule has 0 aliphatic rings. The molecular formula is C19H21N3O5S. The predicted molar refractivity (Wildman–Crippen MR) is 104 cm³/mol. The Hall–Kier alpha value is -3.20. The van der Waals surface area contributed by atoms with E-state index in [0.717, 1.165) is 11.4 Å². The molecule has 2 N–H and O–H groups in total. The maximum absolute atomic E-state index is 12.4. The van der Waals surface area contributed by atoms with Gasteiger partial charge in [-0.1, -0.05) is 13.0 Å². The van der Waals surface area contributed by atoms with Crippen LogP contribution < -0.4 is 10.7 Å². The number of hydrogen-bond acceptors (Lipinski definition) is 6. The van der Waals surface area contributed by atoms with Crippen LogP contribution in [0.3, 0.4) is 0 Å². The molecule has 0 spiro atoms. The number of esters is 1. The Labute approximate surface area is 166 Å². The van der Waals surface area contributed by atoms with Crippen molar-refractivity contribution < 1.29 is 23.9 Å². The second-order valence-corrected chi connectivity index (χ2v) is 6.47. The van der Waals surface area contributed by atoms with Crippen LogP contribution in [0.1, 0.15) is 51.3 Å². The maximum atomic E-state index is 12.4. The van der Waals surface area contributed by atoms with Crippen LogP contribution in [-0.4, -0.2) is 42.0 Å². The number of hydrazine groups is 1. The molecule has 148 valence electrons. The van der Waals surface area contributed by atoms with Crippen LogP contribution in [0.15, 0.2) is 41.1 Å². The SMILES string of the molecule is CCCNC(=O)c1cccc(C(=O)NN(CC)C(=O)OC(=O)c2ccsc2)c1. The van der Waals surface area contributed by atoms with Crippen molar-refractivity contribution in [1.29, 1.82) is 0 Å². The van der Waals surface area contributed by atoms with E-state index >= 15 is 0 Å². The third kappa shape index (κ3) is 5.65. The minimum Gasteiger partial charge on any atom is -0.371 e. The molecule has 3 amide bonds. The highest BCUT2D eigenvalue weighted by molar-refractivity contribution is 7.08. The topological polar surface area (TPSA) is 105 Å². The van der Waals surface area contributed by atoms with Crippen LogP contribution in [0.2, 0.25) is 0 Å². The van der Waals surface area contributed by atoms with Crippen molar-refractivity contribution in [3.05, 3.63) is 57.8 Å². The Morgan fingerprint density at radius 1 is 1.04 bits per heavy atom. The van der Waals surface area contributed by atoms with E-state index in [1.165, 1.54) is 29.5 Å². The van der Waals surface area contributed by atoms with Gasteiger partial charge in [0.05, 0.1) is 5.56 Å². The molecule has 0 aliphatic carbocycles. The molecule has 1 aromatic carbocycles. The fraction of sp³-hybridized carbons (Fsp3) is 0.263. The Bertz CT molecular complexity index is 851. The molecule has 2 rings (SSSR count). The van der Waals surface area contributed by atoms with Gasteiger partial charge in [0.2, 0.25) is 0 Å². The van der Waals surface area contributed by atoms with Crippen molar-refractivity contribution in [2.24, 2.45) is 0 Å². The number of thiophene rings is 1. The van der Waals surface area contributed by atoms with E-state index in [2.05, 4.69) is 10.7 Å². The smallest absolute Gasteiger partial charge is 0.371 e. The highest BCUT2D eigenvalue weighted by Crippen LogP contribution is 2.09. The lowest BCUT2D eigenvalue weighted by Crippen LogP contribution is -2.46. The zero-order chi connectivity index (χ0) is 20.5. The molecule has 0 atom stereocenters. The molecule has 0 radical (unpaired) electrons. The number of carbonyl (C=O) groups is 4. The summed E-state index contributed by atoms with van der Waals surface area (Å²) in [6.07, 6.45) is -0.201. The van der Waals surface area contributed by atoms with Gasteiger partial charge in [-0.15, -0.1) is 0 Å². The van der Waals surface area contributed by atoms with E-state index in [0.29, 0.717) is 12.1 Å². The molecule has 0 saturated heterocycles. The van der Waals surface area contributed by atoms with Crippen LogP contribution in [0.25, 0.3) is 0 Å². The molecule has 1 heterocycles. The van der Waals surface area contributed by atoms with E-state index in [4.69, 9.17) is 4.74 Å². The first-order valence-electron chi connectivity index (χ1n) is 8.71. The van der Waals surface area contributed by atoms with Crippen LogP contribution in [-0.2, 0) is 4.74 Å². The molecule has 9 heteroatoms. The Kier molecular flexibility index (Phi) is 7.70. The highest BCUT2D eigenvalue weighted by Gasteiger charge is 2.21. The van der Waals surface area contributed by atoms with Crippen LogP contribution >= 0.6 is 11.3 Å². The average molecular weight is 403 g/mol. The molecule has 2 aromatic rings. The van der Waals surface area contributed by atoms with Gasteiger partial charge in [0, 0.05) is 29.6 Å². The van der Waals surface area contributed by atoms with Crippen molar-refractivity contribution in [3.8, 4) is 0 Å². The van der Waals surface area contributed by atoms with Crippen LogP contribution in [0.5, 0.6) is 0 Å². The van der Waals surface area contributed by atoms with Gasteiger partial charge in [-0.2, -0.15) is 11.3 Å². The van der Waals surface area contributed by atoms with E-state index in [1.807, 2.05) is 6.92 Å². The molecular weight excluding hydrogens is 382 g/mol. The van der Waals surface area contributed by atoms with Gasteiger partial charge in [-0.05, 0) is 43.0 Å². The first-order chi connectivity index (χ1) is 13.5. The fourth-order valence-electron chi connectivity index (χ4n) is 2.16. The van der Waals surface area contributed by atoms with E-state index in [9.17, 15) is 19.2 Å². The average Bonchev–Trinajstić information content (AvgIpc) is 3.25. The third-order valence-electron chi connectivity index (χ3n) is 3.63. The standard InChI is InChI=1S/C19H21N3O5S/c1-3-9-20-16(23)13-6-5-7-14(11-13)17(24)21-22(4-2)19(26)27-18(25)15-8-10-28-12-15/h5-8,10-12H,3-4,9H2,1-2H3,(H,20,23)(H,21,24). The maximum Gasteiger partial charge on any atom is 0.436 e. The van der Waals surface area contributed by atoms with Crippen molar-refractivity contribution in [2.75, 3.05) is 13.1 Å². The lowest BCUT2D eigenvalue weighted by molar-refractivity contribution is 0.0471. The quantitative estimate of drug-likeness (QED) is 0.438. The molecule has 28 heavy (non-hydrogen) atoms. The van der Waals surface area contributed by atoms with Gasteiger partial charge in [-0.25, -0.2) is 14.6 Å². The summed E-state index contributed by atoms with van der Waals surface area (Å²) in [4.78, 5) is 48.5. The zero-order valence-electron chi connectivity index (χ0n) is 15.6. The first-order valence-corrected chi connectivity index (χ1v) is 9.65. The summed E-state index contributed by atoms with van der Waals surface area (Å²) in [6.45, 7) is 4.16. The zero-order valence-corrected chi connectivity index (χ0v) is 16.4. The highest BCUT2D eigenvalue weighted by atomic mass is 32.1. The van der Waals surface area contributed by atoms with E-state index < -0.39 is 18.0 Å². The van der Waals surface area contributed by atoms with E-state index in [1.54, 1.807) is 29.8 Å². The van der Waals surface area contributed by atoms with Gasteiger partial charge in [0.15, 0.2) is 0 Å². The minimum absolute atomic E-state index is 0.0815. The van der Waals surface area contributed by atoms with Crippen LogP contribution in [0.4, 0.5) is 4.79 Å². The number of ether oxygens (including phenoxy) is 1. The number of hydrogen-bond donors (Lipinski definition) is 2. The summed E-state index contributed by atoms with van der Waals surface area (Å²) in [5.74, 6) is -1.69. The summed E-state index contributed by atoms with van der Waals surface area (Å²) in [5, 5.41) is 6.85. The summed E-state index contributed by atoms with van der Waals surface area (Å²) in [6, 6.07) is 7.64. The summed E-state index contributed by atoms with van der Waals surface area (Å²) >= 11 is 1.30. The summed E-state index contributed by atoms with van der Waals surface area (Å²) in [5.41, 5.74) is 3.16. The van der Waals surface area contributed by atoms with Crippen molar-refractivity contribution in [2.45, 2.75) is 20.3 Å². The largest absolute Gasteiger partial charge is 0.436 e. The molecule has 0 aliphatic heterocycles. The monoisotopic (exact) mass is 403 g/mol. The summed E-state index contributed by atoms with van der Waals surface area (Å²) in [7, 11) is 0. The molecule has 0 saturated carbocycles. The number of nitrogens with one attached hydrogen (secondary N) is 2. The van der Waals surface area contributed by atoms with Crippen molar-refractivity contribution in [3.63, 3.8) is 0 Å². The molecule has 0 unspecified atom stereocenters. The van der Waals surface area contributed by atoms with Crippen molar-refractivity contribution in [1.82, 2.24) is 15.8 Å². The van der Waals surface area contributed by atoms with Crippen LogP contribution in [0, 0.1) is 0 Å². The van der Waals surface area contributed by atoms with Gasteiger partial charge in [0.1, 0.15) is 0 Å². The molecule has 8 nitrogen and oxygen atoms in total. The Morgan fingerprint density at radius 3 is 2.36 bits per heavy atom. The third-order valence-corrected chi connectivity index (χ3v) is 4.32.